The molecule has 0 spiro atoms. The molecule has 0 aromatic heterocycles. The van der Waals surface area contributed by atoms with Crippen molar-refractivity contribution in [1.82, 2.24) is 0 Å². The van der Waals surface area contributed by atoms with E-state index in [4.69, 9.17) is 5.14 Å². The normalized spacial score (nSPS) is 11.0. The first-order valence-corrected chi connectivity index (χ1v) is 7.51. The second-order valence-corrected chi connectivity index (χ2v) is 5.51. The molecule has 0 radical (unpaired) electrons. The fourth-order valence-corrected chi connectivity index (χ4v) is 2.09. The minimum Gasteiger partial charge on any atom is -0.371 e. The third-order valence-electron chi connectivity index (χ3n) is 2.62. The number of hydrogen-bond acceptors (Lipinski definition) is 5. The number of anilines is 2. The molecule has 2 aromatic rings. The van der Waals surface area contributed by atoms with E-state index in [1.54, 1.807) is 30.3 Å². The van der Waals surface area contributed by atoms with Gasteiger partial charge in [0.2, 0.25) is 0 Å². The summed E-state index contributed by atoms with van der Waals surface area (Å²) < 4.78 is 26.1. The average molecular weight is 306 g/mol. The number of hydrogen-bond donors (Lipinski definition) is 2. The topological polar surface area (TPSA) is 98.5 Å². The van der Waals surface area contributed by atoms with Crippen LogP contribution in [0.1, 0.15) is 17.3 Å². The van der Waals surface area contributed by atoms with E-state index in [-0.39, 0.29) is 11.5 Å². The molecular weight excluding hydrogens is 292 g/mol. The number of nitrogens with one attached hydrogen (secondary N) is 1. The van der Waals surface area contributed by atoms with Crippen molar-refractivity contribution in [3.63, 3.8) is 0 Å². The maximum atomic E-state index is 11.3. The first-order chi connectivity index (χ1) is 9.83. The van der Waals surface area contributed by atoms with Gasteiger partial charge in [-0.15, -0.1) is 0 Å². The lowest BCUT2D eigenvalue weighted by Crippen LogP contribution is -2.18. The predicted octanol–water partition coefficient (Wildman–Crippen LogP) is 2.22. The number of rotatable bonds is 5. The van der Waals surface area contributed by atoms with Crippen LogP contribution < -0.4 is 14.6 Å². The zero-order valence-corrected chi connectivity index (χ0v) is 12.1. The van der Waals surface area contributed by atoms with Gasteiger partial charge in [0.05, 0.1) is 0 Å². The Bertz CT molecular complexity index is 755. The maximum Gasteiger partial charge on any atom is 0.380 e. The Morgan fingerprint density at radius 2 is 1.76 bits per heavy atom. The summed E-state index contributed by atoms with van der Waals surface area (Å²) in [5.41, 5.74) is 2.08. The molecule has 0 amide bonds. The van der Waals surface area contributed by atoms with Gasteiger partial charge in [0.15, 0.2) is 5.78 Å². The molecule has 110 valence electrons. The number of carbonyl (C=O) groups is 1. The van der Waals surface area contributed by atoms with Crippen LogP contribution >= 0.6 is 0 Å². The van der Waals surface area contributed by atoms with Crippen LogP contribution in [-0.2, 0) is 10.3 Å². The van der Waals surface area contributed by atoms with Gasteiger partial charge in [-0.25, -0.2) is 0 Å². The monoisotopic (exact) mass is 306 g/mol. The van der Waals surface area contributed by atoms with Gasteiger partial charge in [-0.1, -0.05) is 12.1 Å². The first-order valence-electron chi connectivity index (χ1n) is 6.04. The molecule has 0 aliphatic heterocycles. The minimum absolute atomic E-state index is 0.0180. The number of Topliss-reactive ketones (excluding diaryl/α,β-unsaturated/α-hetero) is 1. The zero-order chi connectivity index (χ0) is 15.5. The van der Waals surface area contributed by atoms with Crippen molar-refractivity contribution in [1.29, 1.82) is 0 Å². The van der Waals surface area contributed by atoms with Gasteiger partial charge in [0, 0.05) is 16.9 Å². The van der Waals surface area contributed by atoms with Gasteiger partial charge in [-0.05, 0) is 43.3 Å². The van der Waals surface area contributed by atoms with Crippen LogP contribution in [0.5, 0.6) is 5.75 Å². The Kier molecular flexibility index (Phi) is 4.25. The molecule has 0 saturated carbocycles. The Hall–Kier alpha value is -2.38. The summed E-state index contributed by atoms with van der Waals surface area (Å²) in [6.07, 6.45) is 0. The fraction of sp³-hybridized carbons (Fsp3) is 0.0714. The van der Waals surface area contributed by atoms with Crippen molar-refractivity contribution in [2.45, 2.75) is 6.92 Å². The molecule has 0 bridgehead atoms. The number of benzene rings is 2. The summed E-state index contributed by atoms with van der Waals surface area (Å²) in [6, 6.07) is 13.3. The van der Waals surface area contributed by atoms with E-state index in [0.29, 0.717) is 5.56 Å². The highest BCUT2D eigenvalue weighted by Gasteiger charge is 2.05. The van der Waals surface area contributed by atoms with Crippen molar-refractivity contribution in [2.24, 2.45) is 5.14 Å². The van der Waals surface area contributed by atoms with E-state index >= 15 is 0 Å². The van der Waals surface area contributed by atoms with E-state index in [1.807, 2.05) is 6.07 Å². The molecule has 21 heavy (non-hydrogen) atoms. The molecule has 2 aromatic carbocycles. The van der Waals surface area contributed by atoms with Crippen molar-refractivity contribution in [2.75, 3.05) is 5.32 Å². The number of nitrogens with two attached hydrogens (primary N) is 1. The van der Waals surface area contributed by atoms with Crippen LogP contribution in [0.25, 0.3) is 0 Å². The third kappa shape index (κ3) is 4.59. The van der Waals surface area contributed by atoms with Crippen LogP contribution in [0.2, 0.25) is 0 Å². The minimum atomic E-state index is -4.02. The van der Waals surface area contributed by atoms with E-state index in [0.717, 1.165) is 11.4 Å². The number of ketones is 1. The molecule has 0 heterocycles. The van der Waals surface area contributed by atoms with Gasteiger partial charge in [-0.2, -0.15) is 13.6 Å². The molecule has 2 rings (SSSR count). The summed E-state index contributed by atoms with van der Waals surface area (Å²) >= 11 is 0. The van der Waals surface area contributed by atoms with Gasteiger partial charge in [-0.3, -0.25) is 4.79 Å². The highest BCUT2D eigenvalue weighted by atomic mass is 32.2. The Morgan fingerprint density at radius 1 is 1.10 bits per heavy atom. The highest BCUT2D eigenvalue weighted by Crippen LogP contribution is 2.21. The molecule has 7 heteroatoms. The molecule has 0 atom stereocenters. The SMILES string of the molecule is CC(=O)c1cccc(Nc2ccc(OS(N)(=O)=O)cc2)c1. The molecule has 0 unspecified atom stereocenters. The third-order valence-corrected chi connectivity index (χ3v) is 3.05. The van der Waals surface area contributed by atoms with E-state index in [2.05, 4.69) is 9.50 Å². The van der Waals surface area contributed by atoms with Gasteiger partial charge >= 0.3 is 10.3 Å². The molecule has 6 nitrogen and oxygen atoms in total. The lowest BCUT2D eigenvalue weighted by Gasteiger charge is -2.08. The molecule has 0 aliphatic rings. The maximum absolute atomic E-state index is 11.3. The smallest absolute Gasteiger partial charge is 0.371 e. The van der Waals surface area contributed by atoms with Crippen LogP contribution in [-0.4, -0.2) is 14.2 Å². The van der Waals surface area contributed by atoms with Crippen LogP contribution in [0, 0.1) is 0 Å². The molecule has 3 N–H and O–H groups in total. The summed E-state index contributed by atoms with van der Waals surface area (Å²) in [7, 11) is -4.02. The lowest BCUT2D eigenvalue weighted by molar-refractivity contribution is 0.101. The van der Waals surface area contributed by atoms with E-state index < -0.39 is 10.3 Å². The van der Waals surface area contributed by atoms with Crippen molar-refractivity contribution < 1.29 is 17.4 Å². The van der Waals surface area contributed by atoms with Crippen molar-refractivity contribution >= 4 is 27.5 Å². The summed E-state index contributed by atoms with van der Waals surface area (Å²) in [5.74, 6) is 0.107. The van der Waals surface area contributed by atoms with Gasteiger partial charge < -0.3 is 9.50 Å². The Morgan fingerprint density at radius 3 is 2.33 bits per heavy atom. The van der Waals surface area contributed by atoms with E-state index in [1.165, 1.54) is 19.1 Å². The predicted molar refractivity (Wildman–Crippen MR) is 79.9 cm³/mol. The quantitative estimate of drug-likeness (QED) is 0.825. The van der Waals surface area contributed by atoms with Gasteiger partial charge in [0.25, 0.3) is 0 Å². The average Bonchev–Trinajstić information content (AvgIpc) is 2.40. The molecule has 0 saturated heterocycles. The van der Waals surface area contributed by atoms with Crippen LogP contribution in [0.3, 0.4) is 0 Å². The van der Waals surface area contributed by atoms with E-state index in [9.17, 15) is 13.2 Å². The fourth-order valence-electron chi connectivity index (χ4n) is 1.71. The summed E-state index contributed by atoms with van der Waals surface area (Å²) in [4.78, 5) is 11.3. The molecule has 0 fully saturated rings. The van der Waals surface area contributed by atoms with Crippen molar-refractivity contribution in [3.8, 4) is 5.75 Å². The molecule has 0 aliphatic carbocycles. The van der Waals surface area contributed by atoms with Crippen LogP contribution in [0.4, 0.5) is 11.4 Å². The van der Waals surface area contributed by atoms with Gasteiger partial charge in [0.1, 0.15) is 5.75 Å². The second-order valence-electron chi connectivity index (χ2n) is 4.36. The highest BCUT2D eigenvalue weighted by molar-refractivity contribution is 7.84. The lowest BCUT2D eigenvalue weighted by atomic mass is 10.1. The zero-order valence-electron chi connectivity index (χ0n) is 11.2. The van der Waals surface area contributed by atoms with Crippen molar-refractivity contribution in [3.05, 3.63) is 54.1 Å². The number of carbonyl (C=O) groups excluding carboxylic acids is 1. The second kappa shape index (κ2) is 5.94. The molecular formula is C14H14N2O4S. The van der Waals surface area contributed by atoms with Crippen LogP contribution in [0.15, 0.2) is 48.5 Å². The Labute approximate surface area is 122 Å². The summed E-state index contributed by atoms with van der Waals surface area (Å²) in [6.45, 7) is 1.50. The summed E-state index contributed by atoms with van der Waals surface area (Å²) in [5, 5.41) is 7.88. The first kappa shape index (κ1) is 15.0. The largest absolute Gasteiger partial charge is 0.380 e. The Balaban J connectivity index is 2.13. The standard InChI is InChI=1S/C14H14N2O4S/c1-10(17)11-3-2-4-13(9-11)16-12-5-7-14(8-6-12)20-21(15,18)19/h2-9,16H,1H3,(H2,15,18,19).